The molecule has 1 N–H and O–H groups in total. The highest BCUT2D eigenvalue weighted by atomic mass is 16.5. The quantitative estimate of drug-likeness (QED) is 0.788. The number of aromatic nitrogens is 1. The van der Waals surface area contributed by atoms with Crippen molar-refractivity contribution in [3.8, 4) is 0 Å². The highest BCUT2D eigenvalue weighted by molar-refractivity contribution is 5.08. The molecule has 1 saturated heterocycles. The van der Waals surface area contributed by atoms with Crippen molar-refractivity contribution >= 4 is 0 Å². The molecule has 14 heavy (non-hydrogen) atoms. The van der Waals surface area contributed by atoms with Crippen LogP contribution in [0.4, 0.5) is 0 Å². The van der Waals surface area contributed by atoms with E-state index in [1.165, 1.54) is 0 Å². The lowest BCUT2D eigenvalue weighted by atomic mass is 9.92. The Kier molecular flexibility index (Phi) is 3.16. The van der Waals surface area contributed by atoms with Crippen LogP contribution >= 0.6 is 0 Å². The van der Waals surface area contributed by atoms with Gasteiger partial charge in [0.05, 0.1) is 11.8 Å². The summed E-state index contributed by atoms with van der Waals surface area (Å²) >= 11 is 0. The van der Waals surface area contributed by atoms with Crippen LogP contribution in [0.2, 0.25) is 0 Å². The fraction of sp³-hybridized carbons (Fsp3) is 0.700. The molecule has 2 atom stereocenters. The van der Waals surface area contributed by atoms with Crippen molar-refractivity contribution in [1.29, 1.82) is 0 Å². The van der Waals surface area contributed by atoms with Gasteiger partial charge in [-0.05, 0) is 19.9 Å². The fourth-order valence-electron chi connectivity index (χ4n) is 1.97. The maximum atomic E-state index is 5.68. The summed E-state index contributed by atoms with van der Waals surface area (Å²) in [5, 5.41) is 7.32. The van der Waals surface area contributed by atoms with Gasteiger partial charge in [-0.15, -0.1) is 0 Å². The Morgan fingerprint density at radius 3 is 3.36 bits per heavy atom. The summed E-state index contributed by atoms with van der Waals surface area (Å²) in [6.45, 7) is 4.71. The van der Waals surface area contributed by atoms with Gasteiger partial charge in [0.25, 0.3) is 0 Å². The van der Waals surface area contributed by atoms with Crippen molar-refractivity contribution in [3.63, 3.8) is 0 Å². The first-order valence-corrected chi connectivity index (χ1v) is 5.14. The average Bonchev–Trinajstić information content (AvgIpc) is 2.72. The normalized spacial score (nSPS) is 27.8. The maximum absolute atomic E-state index is 5.68. The zero-order valence-corrected chi connectivity index (χ0v) is 8.40. The van der Waals surface area contributed by atoms with Crippen LogP contribution < -0.4 is 5.32 Å². The van der Waals surface area contributed by atoms with Gasteiger partial charge in [0.2, 0.25) is 0 Å². The minimum Gasteiger partial charge on any atom is -0.376 e. The van der Waals surface area contributed by atoms with Gasteiger partial charge in [0.1, 0.15) is 6.26 Å². The van der Waals surface area contributed by atoms with Gasteiger partial charge in [0.15, 0.2) is 0 Å². The highest BCUT2D eigenvalue weighted by Crippen LogP contribution is 2.26. The third kappa shape index (κ3) is 1.96. The summed E-state index contributed by atoms with van der Waals surface area (Å²) in [7, 11) is 0. The van der Waals surface area contributed by atoms with Crippen LogP contribution in [0, 0.1) is 0 Å². The second kappa shape index (κ2) is 4.57. The molecule has 2 unspecified atom stereocenters. The number of hydrogen-bond acceptors (Lipinski definition) is 4. The fourth-order valence-corrected chi connectivity index (χ4v) is 1.97. The van der Waals surface area contributed by atoms with E-state index in [9.17, 15) is 0 Å². The van der Waals surface area contributed by atoms with E-state index in [4.69, 9.17) is 9.26 Å². The minimum atomic E-state index is 0.235. The summed E-state index contributed by atoms with van der Waals surface area (Å²) < 4.78 is 10.5. The van der Waals surface area contributed by atoms with Gasteiger partial charge in [-0.1, -0.05) is 5.16 Å². The summed E-state index contributed by atoms with van der Waals surface area (Å²) in [4.78, 5) is 0. The topological polar surface area (TPSA) is 47.3 Å². The van der Waals surface area contributed by atoms with E-state index >= 15 is 0 Å². The lowest BCUT2D eigenvalue weighted by Crippen LogP contribution is -2.41. The van der Waals surface area contributed by atoms with Crippen LogP contribution in [0.5, 0.6) is 0 Å². The summed E-state index contributed by atoms with van der Waals surface area (Å²) in [5.74, 6) is 0.384. The van der Waals surface area contributed by atoms with Crippen LogP contribution in [0.3, 0.4) is 0 Å². The van der Waals surface area contributed by atoms with E-state index in [-0.39, 0.29) is 6.10 Å². The molecular weight excluding hydrogens is 180 g/mol. The molecule has 0 aliphatic carbocycles. The Morgan fingerprint density at radius 2 is 2.64 bits per heavy atom. The zero-order valence-electron chi connectivity index (χ0n) is 8.40. The van der Waals surface area contributed by atoms with Crippen LogP contribution in [0.15, 0.2) is 16.9 Å². The second-order valence-corrected chi connectivity index (χ2v) is 3.52. The van der Waals surface area contributed by atoms with Crippen LogP contribution in [-0.4, -0.2) is 31.0 Å². The zero-order chi connectivity index (χ0) is 9.80. The average molecular weight is 196 g/mol. The molecule has 0 bridgehead atoms. The smallest absolute Gasteiger partial charge is 0.124 e. The SMILES string of the molecule is CCOC1CNCCC1c1ccon1. The molecule has 78 valence electrons. The number of nitrogens with zero attached hydrogens (tertiary/aromatic N) is 1. The molecule has 0 spiro atoms. The standard InChI is InChI=1S/C10H16N2O2/c1-2-13-10-7-11-5-3-8(10)9-4-6-14-12-9/h4,6,8,10-11H,2-3,5,7H2,1H3. The summed E-state index contributed by atoms with van der Waals surface area (Å²) in [6.07, 6.45) is 2.93. The largest absolute Gasteiger partial charge is 0.376 e. The first-order valence-electron chi connectivity index (χ1n) is 5.14. The molecule has 2 heterocycles. The Hall–Kier alpha value is -0.870. The molecule has 0 aromatic carbocycles. The van der Waals surface area contributed by atoms with Crippen molar-refractivity contribution in [2.75, 3.05) is 19.7 Å². The third-order valence-electron chi connectivity index (χ3n) is 2.64. The molecule has 4 heteroatoms. The number of piperidine rings is 1. The number of ether oxygens (including phenoxy) is 1. The lowest BCUT2D eigenvalue weighted by Gasteiger charge is -2.30. The summed E-state index contributed by atoms with van der Waals surface area (Å²) in [5.41, 5.74) is 1.02. The second-order valence-electron chi connectivity index (χ2n) is 3.52. The first-order chi connectivity index (χ1) is 6.92. The monoisotopic (exact) mass is 196 g/mol. The molecule has 0 radical (unpaired) electrons. The molecule has 0 amide bonds. The molecular formula is C10H16N2O2. The highest BCUT2D eigenvalue weighted by Gasteiger charge is 2.28. The van der Waals surface area contributed by atoms with Gasteiger partial charge in [0, 0.05) is 25.1 Å². The van der Waals surface area contributed by atoms with Crippen molar-refractivity contribution < 1.29 is 9.26 Å². The lowest BCUT2D eigenvalue weighted by molar-refractivity contribution is 0.0281. The number of nitrogens with one attached hydrogen (secondary N) is 1. The number of rotatable bonds is 3. The van der Waals surface area contributed by atoms with E-state index in [0.717, 1.165) is 31.8 Å². The van der Waals surface area contributed by atoms with E-state index in [1.54, 1.807) is 6.26 Å². The molecule has 1 fully saturated rings. The van der Waals surface area contributed by atoms with Crippen molar-refractivity contribution in [3.05, 3.63) is 18.0 Å². The van der Waals surface area contributed by atoms with Gasteiger partial charge in [-0.3, -0.25) is 0 Å². The van der Waals surface area contributed by atoms with E-state index in [0.29, 0.717) is 5.92 Å². The van der Waals surface area contributed by atoms with Crippen molar-refractivity contribution in [1.82, 2.24) is 10.5 Å². The maximum Gasteiger partial charge on any atom is 0.124 e. The molecule has 1 aliphatic rings. The molecule has 1 aromatic rings. The van der Waals surface area contributed by atoms with Crippen molar-refractivity contribution in [2.24, 2.45) is 0 Å². The predicted molar refractivity (Wildman–Crippen MR) is 52.1 cm³/mol. The van der Waals surface area contributed by atoms with E-state index in [1.807, 2.05) is 13.0 Å². The number of hydrogen-bond donors (Lipinski definition) is 1. The molecule has 2 rings (SSSR count). The Morgan fingerprint density at radius 1 is 1.71 bits per heavy atom. The third-order valence-corrected chi connectivity index (χ3v) is 2.64. The van der Waals surface area contributed by atoms with Gasteiger partial charge in [-0.2, -0.15) is 0 Å². The molecule has 1 aromatic heterocycles. The minimum absolute atomic E-state index is 0.235. The summed E-state index contributed by atoms with van der Waals surface area (Å²) in [6, 6.07) is 1.93. The Bertz CT molecular complexity index is 259. The predicted octanol–water partition coefficient (Wildman–Crippen LogP) is 1.16. The van der Waals surface area contributed by atoms with E-state index < -0.39 is 0 Å². The Labute approximate surface area is 83.6 Å². The molecule has 0 saturated carbocycles. The molecule has 1 aliphatic heterocycles. The van der Waals surface area contributed by atoms with Gasteiger partial charge < -0.3 is 14.6 Å². The van der Waals surface area contributed by atoms with Gasteiger partial charge >= 0.3 is 0 Å². The van der Waals surface area contributed by atoms with Gasteiger partial charge in [-0.25, -0.2) is 0 Å². The van der Waals surface area contributed by atoms with Crippen LogP contribution in [-0.2, 0) is 4.74 Å². The first kappa shape index (κ1) is 9.68. The Balaban J connectivity index is 2.06. The molecule has 4 nitrogen and oxygen atoms in total. The van der Waals surface area contributed by atoms with Crippen LogP contribution in [0.1, 0.15) is 25.0 Å². The van der Waals surface area contributed by atoms with E-state index in [2.05, 4.69) is 10.5 Å². The van der Waals surface area contributed by atoms with Crippen LogP contribution in [0.25, 0.3) is 0 Å². The van der Waals surface area contributed by atoms with Crippen molar-refractivity contribution in [2.45, 2.75) is 25.4 Å².